The molecular weight excluding hydrogens is 919 g/mol. The second-order valence-corrected chi connectivity index (χ2v) is 26.1. The van der Waals surface area contributed by atoms with E-state index >= 15 is 9.59 Å². The maximum absolute atomic E-state index is 15.8. The van der Waals surface area contributed by atoms with Gasteiger partial charge in [-0.15, -0.1) is 0 Å². The molecule has 2 bridgehead atoms. The molecule has 3 aromatic carbocycles. The zero-order valence-corrected chi connectivity index (χ0v) is 42.5. The van der Waals surface area contributed by atoms with Gasteiger partial charge in [0.25, 0.3) is 5.91 Å². The molecule has 1 amide bonds. The molecule has 7 rings (SSSR count). The zero-order chi connectivity index (χ0) is 51.5. The fourth-order valence-corrected chi connectivity index (χ4v) is 12.1. The first kappa shape index (κ1) is 52.3. The molecule has 17 heteroatoms. The van der Waals surface area contributed by atoms with E-state index in [0.29, 0.717) is 11.1 Å². The number of hydrogen-bond donors (Lipinski definition) is 4. The van der Waals surface area contributed by atoms with Gasteiger partial charge in [0.2, 0.25) is 0 Å². The number of fused-ring (bicyclic) bond motifs is 5. The molecule has 1 aliphatic heterocycles. The summed E-state index contributed by atoms with van der Waals surface area (Å²) in [6.45, 7) is 17.5. The summed E-state index contributed by atoms with van der Waals surface area (Å²) in [5.41, 5.74) is -7.54. The number of esters is 4. The highest BCUT2D eigenvalue weighted by atomic mass is 28.4. The summed E-state index contributed by atoms with van der Waals surface area (Å²) in [6.07, 6.45) is -12.8. The van der Waals surface area contributed by atoms with Crippen LogP contribution >= 0.6 is 0 Å². The molecule has 0 aromatic heterocycles. The predicted octanol–water partition coefficient (Wildman–Crippen LogP) is 5.74. The quantitative estimate of drug-likeness (QED) is 0.0735. The van der Waals surface area contributed by atoms with Gasteiger partial charge in [-0.3, -0.25) is 19.2 Å². The summed E-state index contributed by atoms with van der Waals surface area (Å²) in [5, 5.41) is 40.5. The van der Waals surface area contributed by atoms with Gasteiger partial charge in [-0.1, -0.05) is 101 Å². The van der Waals surface area contributed by atoms with Crippen molar-refractivity contribution in [2.45, 2.75) is 147 Å². The number of rotatable bonds is 12. The lowest BCUT2D eigenvalue weighted by Crippen LogP contribution is -2.85. The molecule has 376 valence electrons. The number of carbonyl (C=O) groups excluding carboxylic acids is 6. The zero-order valence-electron chi connectivity index (χ0n) is 41.5. The standard InChI is InChI=1S/C53H65NO15Si/c1-29-35(66-48(62)40(69-70(10,11)49(4,5)6)37(32-21-15-12-16-22-32)54-46(60)33-23-17-13-18-24-33)27-53(63)45(67-47(61)34-25-19-14-20-26-34)41-51(9,43(59)39(65-30(2)55)36(29)50(53,7)8)42(58)38(57)44-52(41,28-64-44)68-31(3)56/h12-26,35,37-42,44-45,57-58,63H,27-28H2,1-11H3,(H,54,60)/t35-,37-,38-,39+,40+,41?,42+,44+,45-,51-,52+,53+/m0/s1. The first-order valence-corrected chi connectivity index (χ1v) is 26.4. The summed E-state index contributed by atoms with van der Waals surface area (Å²) >= 11 is 0. The van der Waals surface area contributed by atoms with Crippen molar-refractivity contribution in [2.75, 3.05) is 6.61 Å². The number of amides is 1. The Balaban J connectivity index is 1.46. The molecular formula is C53H65NO15Si. The molecule has 16 nitrogen and oxygen atoms in total. The van der Waals surface area contributed by atoms with Crippen molar-refractivity contribution in [1.29, 1.82) is 0 Å². The molecule has 1 heterocycles. The van der Waals surface area contributed by atoms with E-state index in [-0.39, 0.29) is 16.7 Å². The van der Waals surface area contributed by atoms with Gasteiger partial charge < -0.3 is 48.7 Å². The minimum Gasteiger partial charge on any atom is -0.456 e. The van der Waals surface area contributed by atoms with Crippen LogP contribution in [0.1, 0.15) is 101 Å². The van der Waals surface area contributed by atoms with E-state index in [1.54, 1.807) is 99.6 Å². The van der Waals surface area contributed by atoms with Crippen molar-refractivity contribution in [3.05, 3.63) is 119 Å². The largest absolute Gasteiger partial charge is 0.456 e. The monoisotopic (exact) mass is 983 g/mol. The molecule has 0 spiro atoms. The minimum absolute atomic E-state index is 0.0336. The van der Waals surface area contributed by atoms with Crippen molar-refractivity contribution >= 4 is 43.9 Å². The highest BCUT2D eigenvalue weighted by Gasteiger charge is 2.80. The van der Waals surface area contributed by atoms with Gasteiger partial charge >= 0.3 is 23.9 Å². The third-order valence-corrected chi connectivity index (χ3v) is 20.2. The molecule has 70 heavy (non-hydrogen) atoms. The Labute approximate surface area is 409 Å². The first-order chi connectivity index (χ1) is 32.6. The lowest BCUT2D eigenvalue weighted by atomic mass is 9.44. The van der Waals surface area contributed by atoms with E-state index in [0.717, 1.165) is 13.8 Å². The topological polar surface area (TPSA) is 231 Å². The summed E-state index contributed by atoms with van der Waals surface area (Å²) in [5.74, 6) is -6.96. The van der Waals surface area contributed by atoms with Gasteiger partial charge in [0.05, 0.1) is 35.6 Å². The van der Waals surface area contributed by atoms with Crippen molar-refractivity contribution in [3.63, 3.8) is 0 Å². The Morgan fingerprint density at radius 3 is 1.89 bits per heavy atom. The molecule has 1 saturated heterocycles. The second kappa shape index (κ2) is 18.9. The van der Waals surface area contributed by atoms with Gasteiger partial charge in [-0.05, 0) is 73.0 Å². The molecule has 3 aromatic rings. The number of ketones is 1. The Morgan fingerprint density at radius 1 is 0.814 bits per heavy atom. The Bertz CT molecular complexity index is 2540. The normalized spacial score (nSPS) is 31.2. The fraction of sp³-hybridized carbons (Fsp3) is 0.509. The lowest BCUT2D eigenvalue weighted by molar-refractivity contribution is -0.369. The van der Waals surface area contributed by atoms with Crippen LogP contribution in [-0.4, -0.2) is 120 Å². The molecule has 1 unspecified atom stereocenters. The predicted molar refractivity (Wildman–Crippen MR) is 255 cm³/mol. The molecule has 12 atom stereocenters. The Morgan fingerprint density at radius 2 is 1.37 bits per heavy atom. The molecule has 3 fully saturated rings. The van der Waals surface area contributed by atoms with E-state index in [1.165, 1.54) is 19.1 Å². The highest BCUT2D eigenvalue weighted by molar-refractivity contribution is 6.74. The van der Waals surface area contributed by atoms with E-state index in [4.69, 9.17) is 28.1 Å². The Hall–Kier alpha value is -5.56. The summed E-state index contributed by atoms with van der Waals surface area (Å²) in [4.78, 5) is 86.3. The number of benzene rings is 3. The smallest absolute Gasteiger partial charge is 0.338 e. The van der Waals surface area contributed by atoms with Gasteiger partial charge in [0.1, 0.15) is 30.0 Å². The van der Waals surface area contributed by atoms with Crippen LogP contribution in [0.25, 0.3) is 0 Å². The molecule has 0 radical (unpaired) electrons. The second-order valence-electron chi connectivity index (χ2n) is 21.3. The number of aliphatic hydroxyl groups excluding tert-OH is 2. The van der Waals surface area contributed by atoms with E-state index in [9.17, 15) is 34.5 Å². The number of nitrogens with one attached hydrogen (secondary N) is 1. The third-order valence-electron chi connectivity index (χ3n) is 15.7. The van der Waals surface area contributed by atoms with Gasteiger partial charge in [-0.25, -0.2) is 9.59 Å². The average molecular weight is 984 g/mol. The van der Waals surface area contributed by atoms with Gasteiger partial charge in [0.15, 0.2) is 31.9 Å². The van der Waals surface area contributed by atoms with Crippen LogP contribution in [0.3, 0.4) is 0 Å². The Kier molecular flexibility index (Phi) is 14.1. The summed E-state index contributed by atoms with van der Waals surface area (Å²) < 4.78 is 37.8. The summed E-state index contributed by atoms with van der Waals surface area (Å²) in [6, 6.07) is 23.9. The number of aliphatic hydroxyl groups is 3. The lowest BCUT2D eigenvalue weighted by Gasteiger charge is -2.68. The molecule has 4 aliphatic rings. The van der Waals surface area contributed by atoms with Crippen molar-refractivity contribution < 1.29 is 72.2 Å². The van der Waals surface area contributed by atoms with Crippen LogP contribution in [0.5, 0.6) is 0 Å². The van der Waals surface area contributed by atoms with Crippen LogP contribution in [0, 0.1) is 16.7 Å². The van der Waals surface area contributed by atoms with Crippen molar-refractivity contribution in [1.82, 2.24) is 5.32 Å². The van der Waals surface area contributed by atoms with Gasteiger partial charge in [0, 0.05) is 31.2 Å². The molecule has 2 saturated carbocycles. The SMILES string of the molecule is CC(=O)O[C@H]1C(=O)[C@@]2(C)C([C@H](OC(=O)c3ccccc3)[C@]3(O)C[C@H](OC(=O)[C@H](O[Si](C)(C)C(C)(C)C)[C@@H](NC(=O)c4ccccc4)c4ccccc4)C(C)=C1C3(C)C)[C@]1(OC(C)=O)CO[C@@H]1[C@@H](O)[C@H]2O. The third kappa shape index (κ3) is 8.82. The minimum atomic E-state index is -2.96. The van der Waals surface area contributed by atoms with Crippen LogP contribution in [0.15, 0.2) is 102 Å². The van der Waals surface area contributed by atoms with Crippen LogP contribution < -0.4 is 5.32 Å². The van der Waals surface area contributed by atoms with E-state index in [2.05, 4.69) is 5.32 Å². The highest BCUT2D eigenvalue weighted by Crippen LogP contribution is 2.64. The first-order valence-electron chi connectivity index (χ1n) is 23.5. The van der Waals surface area contributed by atoms with Crippen LogP contribution in [0.4, 0.5) is 0 Å². The molecule has 4 N–H and O–H groups in total. The van der Waals surface area contributed by atoms with Crippen molar-refractivity contribution in [3.8, 4) is 0 Å². The molecule has 3 aliphatic carbocycles. The van der Waals surface area contributed by atoms with E-state index in [1.807, 2.05) is 33.9 Å². The average Bonchev–Trinajstić information content (AvgIpc) is 3.29. The van der Waals surface area contributed by atoms with Crippen LogP contribution in [-0.2, 0) is 47.3 Å². The van der Waals surface area contributed by atoms with E-state index < -0.39 is 139 Å². The fourth-order valence-electron chi connectivity index (χ4n) is 10.9. The number of ether oxygens (including phenoxy) is 5. The maximum atomic E-state index is 15.8. The van der Waals surface area contributed by atoms with Gasteiger partial charge in [-0.2, -0.15) is 0 Å². The maximum Gasteiger partial charge on any atom is 0.338 e. The van der Waals surface area contributed by atoms with Crippen LogP contribution in [0.2, 0.25) is 18.1 Å². The number of carbonyl (C=O) groups is 6. The number of hydrogen-bond acceptors (Lipinski definition) is 15. The summed E-state index contributed by atoms with van der Waals surface area (Å²) in [7, 11) is -2.96. The number of Topliss-reactive ketones (excluding diaryl/α,β-unsaturated/α-hetero) is 1. The van der Waals surface area contributed by atoms with Crippen molar-refractivity contribution in [2.24, 2.45) is 16.7 Å².